The van der Waals surface area contributed by atoms with E-state index >= 15 is 0 Å². The molecule has 0 aliphatic rings. The van der Waals surface area contributed by atoms with Gasteiger partial charge in [-0.25, -0.2) is 0 Å². The van der Waals surface area contributed by atoms with Gasteiger partial charge in [-0.05, 0) is 48.7 Å². The van der Waals surface area contributed by atoms with E-state index in [0.717, 1.165) is 22.9 Å². The molecule has 1 N–H and O–H groups in total. The van der Waals surface area contributed by atoms with Crippen LogP contribution in [0.1, 0.15) is 21.6 Å². The zero-order valence-corrected chi connectivity index (χ0v) is 13.9. The molecular formula is C18H18ClN3O. The van der Waals surface area contributed by atoms with Gasteiger partial charge in [0, 0.05) is 41.9 Å². The largest absolute Gasteiger partial charge is 0.350 e. The average Bonchev–Trinajstić information content (AvgIpc) is 2.89. The molecule has 0 saturated carbocycles. The monoisotopic (exact) mass is 327 g/mol. The Bertz CT molecular complexity index is 842. The number of H-pyrrole nitrogens is 1. The van der Waals surface area contributed by atoms with Gasteiger partial charge in [0.2, 0.25) is 0 Å². The number of benzene rings is 1. The van der Waals surface area contributed by atoms with Crippen LogP contribution in [-0.4, -0.2) is 34.4 Å². The molecule has 0 aliphatic heterocycles. The SMILES string of the molecule is Cc1c(C(=O)N(C)CCc2ccncc2)[nH]c2cc(Cl)ccc12. The van der Waals surface area contributed by atoms with Crippen molar-refractivity contribution in [2.75, 3.05) is 13.6 Å². The van der Waals surface area contributed by atoms with E-state index in [1.54, 1.807) is 17.3 Å². The van der Waals surface area contributed by atoms with Crippen LogP contribution in [0.3, 0.4) is 0 Å². The van der Waals surface area contributed by atoms with Crippen molar-refractivity contribution in [1.29, 1.82) is 0 Å². The van der Waals surface area contributed by atoms with Crippen LogP contribution in [0.25, 0.3) is 10.9 Å². The lowest BCUT2D eigenvalue weighted by molar-refractivity contribution is 0.0791. The first kappa shape index (κ1) is 15.6. The number of halogens is 1. The lowest BCUT2D eigenvalue weighted by atomic mass is 10.1. The number of rotatable bonds is 4. The number of nitrogens with one attached hydrogen (secondary N) is 1. The van der Waals surface area contributed by atoms with Crippen molar-refractivity contribution in [1.82, 2.24) is 14.9 Å². The van der Waals surface area contributed by atoms with Crippen LogP contribution in [0.5, 0.6) is 0 Å². The lowest BCUT2D eigenvalue weighted by Crippen LogP contribution is -2.29. The van der Waals surface area contributed by atoms with E-state index in [0.29, 0.717) is 17.3 Å². The number of aromatic nitrogens is 2. The summed E-state index contributed by atoms with van der Waals surface area (Å²) >= 11 is 6.02. The molecule has 23 heavy (non-hydrogen) atoms. The van der Waals surface area contributed by atoms with Crippen LogP contribution in [0.15, 0.2) is 42.7 Å². The number of likely N-dealkylation sites (N-methyl/N-ethyl adjacent to an activating group) is 1. The molecule has 0 atom stereocenters. The van der Waals surface area contributed by atoms with E-state index in [1.165, 1.54) is 5.56 Å². The van der Waals surface area contributed by atoms with Crippen molar-refractivity contribution in [2.24, 2.45) is 0 Å². The zero-order valence-electron chi connectivity index (χ0n) is 13.1. The normalized spacial score (nSPS) is 10.9. The highest BCUT2D eigenvalue weighted by Gasteiger charge is 2.18. The molecule has 1 amide bonds. The third-order valence-electron chi connectivity index (χ3n) is 4.07. The number of carbonyl (C=O) groups excluding carboxylic acids is 1. The first-order valence-corrected chi connectivity index (χ1v) is 7.86. The number of carbonyl (C=O) groups is 1. The molecule has 0 fully saturated rings. The van der Waals surface area contributed by atoms with E-state index in [1.807, 2.05) is 44.3 Å². The summed E-state index contributed by atoms with van der Waals surface area (Å²) < 4.78 is 0. The lowest BCUT2D eigenvalue weighted by Gasteiger charge is -2.17. The molecule has 4 nitrogen and oxygen atoms in total. The van der Waals surface area contributed by atoms with Gasteiger partial charge in [0.25, 0.3) is 5.91 Å². The third-order valence-corrected chi connectivity index (χ3v) is 4.30. The van der Waals surface area contributed by atoms with E-state index in [2.05, 4.69) is 9.97 Å². The number of amides is 1. The minimum Gasteiger partial charge on any atom is -0.350 e. The molecule has 0 saturated heterocycles. The molecule has 0 bridgehead atoms. The first-order chi connectivity index (χ1) is 11.1. The maximum atomic E-state index is 12.7. The molecule has 2 heterocycles. The molecule has 2 aromatic heterocycles. The fourth-order valence-corrected chi connectivity index (χ4v) is 2.83. The van der Waals surface area contributed by atoms with E-state index in [4.69, 9.17) is 11.6 Å². The maximum absolute atomic E-state index is 12.7. The number of nitrogens with zero attached hydrogens (tertiary/aromatic N) is 2. The summed E-state index contributed by atoms with van der Waals surface area (Å²) in [5.41, 5.74) is 3.64. The molecule has 0 radical (unpaired) electrons. The fraction of sp³-hybridized carbons (Fsp3) is 0.222. The summed E-state index contributed by atoms with van der Waals surface area (Å²) in [4.78, 5) is 21.6. The first-order valence-electron chi connectivity index (χ1n) is 7.48. The van der Waals surface area contributed by atoms with Crippen LogP contribution in [0.4, 0.5) is 0 Å². The maximum Gasteiger partial charge on any atom is 0.270 e. The van der Waals surface area contributed by atoms with Crippen molar-refractivity contribution in [2.45, 2.75) is 13.3 Å². The molecule has 0 spiro atoms. The highest BCUT2D eigenvalue weighted by atomic mass is 35.5. The zero-order chi connectivity index (χ0) is 16.4. The number of hydrogen-bond donors (Lipinski definition) is 1. The van der Waals surface area contributed by atoms with Gasteiger partial charge in [0.15, 0.2) is 0 Å². The third kappa shape index (κ3) is 3.22. The predicted octanol–water partition coefficient (Wildman–Crippen LogP) is 3.84. The minimum absolute atomic E-state index is 0.0103. The fourth-order valence-electron chi connectivity index (χ4n) is 2.66. The Hall–Kier alpha value is -2.33. The van der Waals surface area contributed by atoms with Crippen LogP contribution >= 0.6 is 11.6 Å². The summed E-state index contributed by atoms with van der Waals surface area (Å²) in [6.45, 7) is 2.61. The molecule has 5 heteroatoms. The Kier molecular flexibility index (Phi) is 4.35. The quantitative estimate of drug-likeness (QED) is 0.791. The molecule has 3 aromatic rings. The smallest absolute Gasteiger partial charge is 0.270 e. The highest BCUT2D eigenvalue weighted by Crippen LogP contribution is 2.25. The van der Waals surface area contributed by atoms with Crippen molar-refractivity contribution in [3.63, 3.8) is 0 Å². The summed E-state index contributed by atoms with van der Waals surface area (Å²) in [7, 11) is 1.82. The van der Waals surface area contributed by atoms with Gasteiger partial charge in [-0.2, -0.15) is 0 Å². The summed E-state index contributed by atoms with van der Waals surface area (Å²) in [5, 5.41) is 1.68. The average molecular weight is 328 g/mol. The number of aromatic amines is 1. The van der Waals surface area contributed by atoms with Gasteiger partial charge in [0.05, 0.1) is 0 Å². The summed E-state index contributed by atoms with van der Waals surface area (Å²) in [5.74, 6) is -0.0103. The predicted molar refractivity (Wildman–Crippen MR) is 92.9 cm³/mol. The number of hydrogen-bond acceptors (Lipinski definition) is 2. The number of pyridine rings is 1. The Morgan fingerprint density at radius 2 is 2.00 bits per heavy atom. The molecule has 3 rings (SSSR count). The van der Waals surface area contributed by atoms with Crippen molar-refractivity contribution in [3.05, 3.63) is 64.6 Å². The Morgan fingerprint density at radius 1 is 1.26 bits per heavy atom. The Labute approximate surface area is 140 Å². The Balaban J connectivity index is 1.78. The highest BCUT2D eigenvalue weighted by molar-refractivity contribution is 6.31. The van der Waals surface area contributed by atoms with E-state index in [-0.39, 0.29) is 5.91 Å². The molecule has 0 aliphatic carbocycles. The van der Waals surface area contributed by atoms with Crippen LogP contribution in [-0.2, 0) is 6.42 Å². The molecule has 0 unspecified atom stereocenters. The summed E-state index contributed by atoms with van der Waals surface area (Å²) in [6.07, 6.45) is 4.33. The Morgan fingerprint density at radius 3 is 2.74 bits per heavy atom. The second-order valence-corrected chi connectivity index (χ2v) is 6.08. The van der Waals surface area contributed by atoms with E-state index < -0.39 is 0 Å². The van der Waals surface area contributed by atoms with Crippen LogP contribution < -0.4 is 0 Å². The minimum atomic E-state index is -0.0103. The van der Waals surface area contributed by atoms with Gasteiger partial charge in [-0.15, -0.1) is 0 Å². The molecule has 118 valence electrons. The van der Waals surface area contributed by atoms with Crippen molar-refractivity contribution >= 4 is 28.4 Å². The molecular weight excluding hydrogens is 310 g/mol. The summed E-state index contributed by atoms with van der Waals surface area (Å²) in [6, 6.07) is 9.56. The van der Waals surface area contributed by atoms with Gasteiger partial charge >= 0.3 is 0 Å². The number of fused-ring (bicyclic) bond motifs is 1. The standard InChI is InChI=1S/C18H18ClN3O/c1-12-15-4-3-14(19)11-16(15)21-17(12)18(23)22(2)10-7-13-5-8-20-9-6-13/h3-6,8-9,11,21H,7,10H2,1-2H3. The van der Waals surface area contributed by atoms with E-state index in [9.17, 15) is 4.79 Å². The van der Waals surface area contributed by atoms with Crippen molar-refractivity contribution < 1.29 is 4.79 Å². The number of aryl methyl sites for hydroxylation is 1. The second-order valence-electron chi connectivity index (χ2n) is 5.65. The topological polar surface area (TPSA) is 49.0 Å². The molecule has 1 aromatic carbocycles. The van der Waals surface area contributed by atoms with Gasteiger partial charge in [-0.3, -0.25) is 9.78 Å². The van der Waals surface area contributed by atoms with Gasteiger partial charge < -0.3 is 9.88 Å². The van der Waals surface area contributed by atoms with Crippen molar-refractivity contribution in [3.8, 4) is 0 Å². The van der Waals surface area contributed by atoms with Gasteiger partial charge in [0.1, 0.15) is 5.69 Å². The van der Waals surface area contributed by atoms with Crippen LogP contribution in [0.2, 0.25) is 5.02 Å². The van der Waals surface area contributed by atoms with Crippen LogP contribution in [0, 0.1) is 6.92 Å². The second kappa shape index (κ2) is 6.42. The van der Waals surface area contributed by atoms with Gasteiger partial charge in [-0.1, -0.05) is 17.7 Å².